The summed E-state index contributed by atoms with van der Waals surface area (Å²) in [7, 11) is 0. The van der Waals surface area contributed by atoms with E-state index in [9.17, 15) is 9.18 Å². The van der Waals surface area contributed by atoms with E-state index in [2.05, 4.69) is 27.7 Å². The van der Waals surface area contributed by atoms with Crippen LogP contribution in [0.2, 0.25) is 0 Å². The lowest BCUT2D eigenvalue weighted by Gasteiger charge is -2.38. The largest absolute Gasteiger partial charge is 0.427 e. The number of halogens is 1. The highest BCUT2D eigenvalue weighted by molar-refractivity contribution is 5.69. The minimum absolute atomic E-state index is 0.386. The van der Waals surface area contributed by atoms with Gasteiger partial charge in [-0.05, 0) is 61.3 Å². The standard InChI is InChI=1S/C29H47FO3/c1-20(2)11-8-12-21(3)13-9-14-22(4)15-10-16-29(7)19-27-23(5)17-25(32-24(6)31)18-26(27)28(30)33-29/h17-18,20-22,28H,8-16,19H2,1-7H3/t21-,22-,28?,29-/m1/s1. The number of carbonyl (C=O) groups is 1. The molecule has 2 rings (SSSR count). The minimum Gasteiger partial charge on any atom is -0.427 e. The molecule has 1 heterocycles. The van der Waals surface area contributed by atoms with E-state index in [-0.39, 0.29) is 0 Å². The zero-order valence-electron chi connectivity index (χ0n) is 22.1. The Kier molecular flexibility index (Phi) is 10.9. The number of aryl methyl sites for hydroxylation is 1. The van der Waals surface area contributed by atoms with Crippen LogP contribution in [0, 0.1) is 24.7 Å². The van der Waals surface area contributed by atoms with E-state index in [1.165, 1.54) is 45.4 Å². The normalized spacial score (nSPS) is 22.2. The van der Waals surface area contributed by atoms with E-state index in [4.69, 9.17) is 9.47 Å². The molecule has 0 saturated heterocycles. The van der Waals surface area contributed by atoms with Gasteiger partial charge in [0.15, 0.2) is 0 Å². The lowest BCUT2D eigenvalue weighted by Crippen LogP contribution is -2.37. The van der Waals surface area contributed by atoms with Crippen molar-refractivity contribution in [3.05, 3.63) is 28.8 Å². The molecule has 188 valence electrons. The second kappa shape index (κ2) is 12.9. The molecule has 0 radical (unpaired) electrons. The van der Waals surface area contributed by atoms with Gasteiger partial charge in [-0.25, -0.2) is 4.39 Å². The number of rotatable bonds is 13. The van der Waals surface area contributed by atoms with Crippen molar-refractivity contribution >= 4 is 5.97 Å². The molecule has 1 unspecified atom stereocenters. The van der Waals surface area contributed by atoms with Gasteiger partial charge in [0, 0.05) is 18.9 Å². The third-order valence-electron chi connectivity index (χ3n) is 7.20. The molecule has 1 aliphatic heterocycles. The fraction of sp³-hybridized carbons (Fsp3) is 0.759. The number of alkyl halides is 1. The van der Waals surface area contributed by atoms with Gasteiger partial charge in [0.25, 0.3) is 0 Å². The number of hydrogen-bond donors (Lipinski definition) is 0. The molecule has 0 fully saturated rings. The Morgan fingerprint density at radius 2 is 1.64 bits per heavy atom. The summed E-state index contributed by atoms with van der Waals surface area (Å²) in [5, 5.41) is 0. The van der Waals surface area contributed by atoms with Gasteiger partial charge in [-0.1, -0.05) is 79.1 Å². The summed E-state index contributed by atoms with van der Waals surface area (Å²) < 4.78 is 26.0. The van der Waals surface area contributed by atoms with Crippen molar-refractivity contribution in [2.24, 2.45) is 17.8 Å². The maximum atomic E-state index is 15.0. The second-order valence-electron chi connectivity index (χ2n) is 11.3. The first kappa shape index (κ1) is 27.8. The van der Waals surface area contributed by atoms with Crippen molar-refractivity contribution in [2.45, 2.75) is 125 Å². The molecular formula is C29H47FO3. The van der Waals surface area contributed by atoms with E-state index >= 15 is 0 Å². The van der Waals surface area contributed by atoms with E-state index < -0.39 is 17.9 Å². The van der Waals surface area contributed by atoms with Crippen LogP contribution < -0.4 is 4.74 Å². The molecule has 0 N–H and O–H groups in total. The maximum Gasteiger partial charge on any atom is 0.308 e. The van der Waals surface area contributed by atoms with Gasteiger partial charge in [-0.15, -0.1) is 0 Å². The first-order valence-corrected chi connectivity index (χ1v) is 13.1. The highest BCUT2D eigenvalue weighted by Gasteiger charge is 2.37. The second-order valence-corrected chi connectivity index (χ2v) is 11.3. The Hall–Kier alpha value is -1.42. The van der Waals surface area contributed by atoms with Gasteiger partial charge in [0.2, 0.25) is 6.36 Å². The van der Waals surface area contributed by atoms with Crippen LogP contribution >= 0.6 is 0 Å². The molecule has 0 spiro atoms. The predicted molar refractivity (Wildman–Crippen MR) is 134 cm³/mol. The number of esters is 1. The van der Waals surface area contributed by atoms with Crippen molar-refractivity contribution in [3.8, 4) is 5.75 Å². The van der Waals surface area contributed by atoms with Crippen LogP contribution in [0.15, 0.2) is 12.1 Å². The molecule has 0 aliphatic carbocycles. The summed E-state index contributed by atoms with van der Waals surface area (Å²) in [6.07, 6.45) is 10.2. The Balaban J connectivity index is 1.77. The SMILES string of the molecule is CC(=O)Oc1cc(C)c2c(c1)C(F)O[C@](C)(CCC[C@H](C)CCC[C@H](C)CCCC(C)C)C2. The Bertz CT molecular complexity index is 759. The van der Waals surface area contributed by atoms with E-state index in [1.807, 2.05) is 19.9 Å². The molecule has 0 amide bonds. The fourth-order valence-corrected chi connectivity index (χ4v) is 5.16. The molecular weight excluding hydrogens is 415 g/mol. The minimum atomic E-state index is -1.48. The topological polar surface area (TPSA) is 35.5 Å². The molecule has 0 aromatic heterocycles. The lowest BCUT2D eigenvalue weighted by molar-refractivity contribution is -0.158. The molecule has 0 saturated carbocycles. The number of ether oxygens (including phenoxy) is 2. The van der Waals surface area contributed by atoms with Crippen LogP contribution in [0.1, 0.15) is 122 Å². The Morgan fingerprint density at radius 3 is 2.21 bits per heavy atom. The van der Waals surface area contributed by atoms with E-state index in [0.717, 1.165) is 42.2 Å². The van der Waals surface area contributed by atoms with Crippen molar-refractivity contribution in [2.75, 3.05) is 0 Å². The summed E-state index contributed by atoms with van der Waals surface area (Å²) >= 11 is 0. The van der Waals surface area contributed by atoms with Crippen molar-refractivity contribution in [1.82, 2.24) is 0 Å². The smallest absolute Gasteiger partial charge is 0.308 e. The summed E-state index contributed by atoms with van der Waals surface area (Å²) in [4.78, 5) is 11.3. The number of hydrogen-bond acceptors (Lipinski definition) is 3. The Morgan fingerprint density at radius 1 is 1.06 bits per heavy atom. The molecule has 0 bridgehead atoms. The highest BCUT2D eigenvalue weighted by atomic mass is 19.1. The third kappa shape index (κ3) is 9.39. The first-order valence-electron chi connectivity index (χ1n) is 13.1. The van der Waals surface area contributed by atoms with Gasteiger partial charge < -0.3 is 9.47 Å². The van der Waals surface area contributed by atoms with E-state index in [1.54, 1.807) is 6.07 Å². The van der Waals surface area contributed by atoms with Gasteiger partial charge in [-0.2, -0.15) is 0 Å². The molecule has 33 heavy (non-hydrogen) atoms. The van der Waals surface area contributed by atoms with Gasteiger partial charge in [0.1, 0.15) is 5.75 Å². The van der Waals surface area contributed by atoms with Gasteiger partial charge >= 0.3 is 5.97 Å². The fourth-order valence-electron chi connectivity index (χ4n) is 5.16. The Labute approximate surface area is 201 Å². The summed E-state index contributed by atoms with van der Waals surface area (Å²) in [6.45, 7) is 14.7. The molecule has 3 nitrogen and oxygen atoms in total. The van der Waals surface area contributed by atoms with Gasteiger partial charge in [-0.3, -0.25) is 4.79 Å². The zero-order valence-corrected chi connectivity index (χ0v) is 22.1. The third-order valence-corrected chi connectivity index (χ3v) is 7.20. The lowest BCUT2D eigenvalue weighted by atomic mass is 9.83. The quantitative estimate of drug-likeness (QED) is 0.217. The number of carbonyl (C=O) groups excluding carboxylic acids is 1. The van der Waals surface area contributed by atoms with Crippen molar-refractivity contribution < 1.29 is 18.7 Å². The molecule has 1 aromatic carbocycles. The zero-order chi connectivity index (χ0) is 24.6. The number of benzene rings is 1. The molecule has 4 atom stereocenters. The summed E-state index contributed by atoms with van der Waals surface area (Å²) in [5.41, 5.74) is 1.95. The summed E-state index contributed by atoms with van der Waals surface area (Å²) in [6, 6.07) is 3.44. The van der Waals surface area contributed by atoms with Gasteiger partial charge in [0.05, 0.1) is 5.60 Å². The number of fused-ring (bicyclic) bond motifs is 1. The average molecular weight is 463 g/mol. The molecule has 1 aromatic rings. The summed E-state index contributed by atoms with van der Waals surface area (Å²) in [5.74, 6) is 2.33. The van der Waals surface area contributed by atoms with Crippen LogP contribution in [0.25, 0.3) is 0 Å². The highest BCUT2D eigenvalue weighted by Crippen LogP contribution is 2.42. The van der Waals surface area contributed by atoms with Crippen LogP contribution in [-0.4, -0.2) is 11.6 Å². The monoisotopic (exact) mass is 462 g/mol. The van der Waals surface area contributed by atoms with Crippen LogP contribution in [0.3, 0.4) is 0 Å². The van der Waals surface area contributed by atoms with Crippen LogP contribution in [-0.2, 0) is 16.0 Å². The predicted octanol–water partition coefficient (Wildman–Crippen LogP) is 8.66. The average Bonchev–Trinajstić information content (AvgIpc) is 2.68. The van der Waals surface area contributed by atoms with E-state index in [0.29, 0.717) is 23.7 Å². The maximum absolute atomic E-state index is 15.0. The van der Waals surface area contributed by atoms with Crippen molar-refractivity contribution in [1.29, 1.82) is 0 Å². The van der Waals surface area contributed by atoms with Crippen LogP contribution in [0.5, 0.6) is 5.75 Å². The van der Waals surface area contributed by atoms with Crippen molar-refractivity contribution in [3.63, 3.8) is 0 Å². The molecule has 1 aliphatic rings. The molecule has 4 heteroatoms. The first-order chi connectivity index (χ1) is 15.5. The van der Waals surface area contributed by atoms with Crippen LogP contribution in [0.4, 0.5) is 4.39 Å².